The number of amides is 2. The molecule has 0 radical (unpaired) electrons. The highest BCUT2D eigenvalue weighted by Gasteiger charge is 2.22. The van der Waals surface area contributed by atoms with Gasteiger partial charge in [-0.15, -0.1) is 0 Å². The van der Waals surface area contributed by atoms with E-state index in [1.54, 1.807) is 6.92 Å². The average molecular weight is 270 g/mol. The fourth-order valence-electron chi connectivity index (χ4n) is 2.35. The molecule has 1 aliphatic carbocycles. The number of nitrogens with one attached hydrogen (secondary N) is 2. The van der Waals surface area contributed by atoms with Gasteiger partial charge in [0.2, 0.25) is 11.8 Å². The van der Waals surface area contributed by atoms with Crippen molar-refractivity contribution in [2.75, 3.05) is 13.1 Å². The molecule has 19 heavy (non-hydrogen) atoms. The molecule has 0 bridgehead atoms. The summed E-state index contributed by atoms with van der Waals surface area (Å²) in [6.07, 6.45) is 5.73. The highest BCUT2D eigenvalue weighted by atomic mass is 16.3. The monoisotopic (exact) mass is 270 g/mol. The van der Waals surface area contributed by atoms with Crippen molar-refractivity contribution in [3.63, 3.8) is 0 Å². The molecule has 1 unspecified atom stereocenters. The van der Waals surface area contributed by atoms with Gasteiger partial charge >= 0.3 is 0 Å². The summed E-state index contributed by atoms with van der Waals surface area (Å²) in [4.78, 5) is 23.2. The minimum absolute atomic E-state index is 0.0442. The number of rotatable bonds is 8. The number of carbonyl (C=O) groups excluding carboxylic acids is 2. The minimum atomic E-state index is -0.317. The van der Waals surface area contributed by atoms with Crippen LogP contribution >= 0.6 is 0 Å². The fourth-order valence-corrected chi connectivity index (χ4v) is 2.35. The summed E-state index contributed by atoms with van der Waals surface area (Å²) < 4.78 is 0. The van der Waals surface area contributed by atoms with Crippen molar-refractivity contribution in [3.05, 3.63) is 0 Å². The lowest BCUT2D eigenvalue weighted by Crippen LogP contribution is -2.34. The van der Waals surface area contributed by atoms with E-state index in [2.05, 4.69) is 10.6 Å². The average Bonchev–Trinajstić information content (AvgIpc) is 2.88. The molecule has 1 aliphatic rings. The third-order valence-electron chi connectivity index (χ3n) is 3.50. The first-order chi connectivity index (χ1) is 9.09. The van der Waals surface area contributed by atoms with Gasteiger partial charge in [-0.2, -0.15) is 0 Å². The first kappa shape index (κ1) is 16.0. The first-order valence-electron chi connectivity index (χ1n) is 7.32. The van der Waals surface area contributed by atoms with Crippen molar-refractivity contribution in [1.29, 1.82) is 0 Å². The SMILES string of the molecule is CC(O)CCCNC(=O)CCNC(=O)C1CCCC1. The van der Waals surface area contributed by atoms with Gasteiger partial charge in [-0.1, -0.05) is 12.8 Å². The van der Waals surface area contributed by atoms with Crippen molar-refractivity contribution in [2.45, 2.75) is 58.0 Å². The van der Waals surface area contributed by atoms with Crippen LogP contribution in [0.2, 0.25) is 0 Å². The van der Waals surface area contributed by atoms with Gasteiger partial charge in [-0.05, 0) is 32.6 Å². The van der Waals surface area contributed by atoms with Crippen LogP contribution in [0.4, 0.5) is 0 Å². The van der Waals surface area contributed by atoms with Crippen molar-refractivity contribution in [1.82, 2.24) is 10.6 Å². The molecule has 1 atom stereocenters. The van der Waals surface area contributed by atoms with Crippen LogP contribution in [0.5, 0.6) is 0 Å². The standard InChI is InChI=1S/C14H26N2O3/c1-11(17)5-4-9-15-13(18)8-10-16-14(19)12-6-2-3-7-12/h11-12,17H,2-10H2,1H3,(H,15,18)(H,16,19). The molecule has 1 rings (SSSR count). The normalized spacial score (nSPS) is 17.2. The van der Waals surface area contributed by atoms with Gasteiger partial charge in [0.15, 0.2) is 0 Å². The van der Waals surface area contributed by atoms with Crippen LogP contribution in [0.3, 0.4) is 0 Å². The highest BCUT2D eigenvalue weighted by Crippen LogP contribution is 2.24. The Balaban J connectivity index is 1.99. The third kappa shape index (κ3) is 7.15. The maximum absolute atomic E-state index is 11.7. The van der Waals surface area contributed by atoms with Gasteiger partial charge in [0.1, 0.15) is 0 Å². The van der Waals surface area contributed by atoms with E-state index in [1.807, 2.05) is 0 Å². The number of carbonyl (C=O) groups is 2. The van der Waals surface area contributed by atoms with Crippen LogP contribution in [0, 0.1) is 5.92 Å². The minimum Gasteiger partial charge on any atom is -0.393 e. The molecule has 3 N–H and O–H groups in total. The maximum atomic E-state index is 11.7. The zero-order valence-corrected chi connectivity index (χ0v) is 11.8. The lowest BCUT2D eigenvalue weighted by molar-refractivity contribution is -0.125. The van der Waals surface area contributed by atoms with E-state index in [9.17, 15) is 9.59 Å². The number of aliphatic hydroxyl groups excluding tert-OH is 1. The Morgan fingerprint density at radius 2 is 1.89 bits per heavy atom. The predicted octanol–water partition coefficient (Wildman–Crippen LogP) is 0.960. The van der Waals surface area contributed by atoms with E-state index in [0.717, 1.165) is 32.1 Å². The molecule has 0 saturated heterocycles. The number of hydrogen-bond acceptors (Lipinski definition) is 3. The summed E-state index contributed by atoms with van der Waals surface area (Å²) in [7, 11) is 0. The molecule has 0 aliphatic heterocycles. The molecule has 0 aromatic heterocycles. The number of hydrogen-bond donors (Lipinski definition) is 3. The van der Waals surface area contributed by atoms with Crippen molar-refractivity contribution < 1.29 is 14.7 Å². The van der Waals surface area contributed by atoms with Crippen LogP contribution in [0.1, 0.15) is 51.9 Å². The zero-order valence-electron chi connectivity index (χ0n) is 11.8. The van der Waals surface area contributed by atoms with Crippen LogP contribution in [-0.2, 0) is 9.59 Å². The van der Waals surface area contributed by atoms with Crippen molar-refractivity contribution >= 4 is 11.8 Å². The largest absolute Gasteiger partial charge is 0.393 e. The third-order valence-corrected chi connectivity index (χ3v) is 3.50. The molecule has 0 aromatic rings. The Kier molecular flexibility index (Phi) is 7.48. The quantitative estimate of drug-likeness (QED) is 0.575. The van der Waals surface area contributed by atoms with Crippen molar-refractivity contribution in [3.8, 4) is 0 Å². The first-order valence-corrected chi connectivity index (χ1v) is 7.32. The van der Waals surface area contributed by atoms with Crippen molar-refractivity contribution in [2.24, 2.45) is 5.92 Å². The van der Waals surface area contributed by atoms with E-state index in [0.29, 0.717) is 25.9 Å². The lowest BCUT2D eigenvalue weighted by atomic mass is 10.1. The molecular weight excluding hydrogens is 244 g/mol. The van der Waals surface area contributed by atoms with E-state index in [4.69, 9.17) is 5.11 Å². The molecule has 5 heteroatoms. The van der Waals surface area contributed by atoms with Crippen LogP contribution in [-0.4, -0.2) is 36.1 Å². The van der Waals surface area contributed by atoms with Gasteiger partial charge in [0.05, 0.1) is 6.10 Å². The Labute approximate surface area is 115 Å². The molecule has 0 aromatic carbocycles. The molecule has 1 fully saturated rings. The molecule has 5 nitrogen and oxygen atoms in total. The summed E-state index contributed by atoms with van der Waals surface area (Å²) >= 11 is 0. The zero-order chi connectivity index (χ0) is 14.1. The van der Waals surface area contributed by atoms with Gasteiger partial charge in [-0.3, -0.25) is 9.59 Å². The number of aliphatic hydroxyl groups is 1. The second-order valence-corrected chi connectivity index (χ2v) is 5.36. The Morgan fingerprint density at radius 3 is 2.53 bits per heavy atom. The molecule has 0 heterocycles. The summed E-state index contributed by atoms with van der Waals surface area (Å²) in [5, 5.41) is 14.7. The smallest absolute Gasteiger partial charge is 0.223 e. The van der Waals surface area contributed by atoms with E-state index < -0.39 is 0 Å². The van der Waals surface area contributed by atoms with E-state index in [-0.39, 0.29) is 23.8 Å². The molecule has 0 spiro atoms. The summed E-state index contributed by atoms with van der Waals surface area (Å²) in [5.74, 6) is 0.214. The van der Waals surface area contributed by atoms with Gasteiger partial charge in [0, 0.05) is 25.4 Å². The second-order valence-electron chi connectivity index (χ2n) is 5.36. The lowest BCUT2D eigenvalue weighted by Gasteiger charge is -2.10. The molecule has 1 saturated carbocycles. The van der Waals surface area contributed by atoms with E-state index >= 15 is 0 Å². The Hall–Kier alpha value is -1.10. The molecule has 2 amide bonds. The van der Waals surface area contributed by atoms with Crippen LogP contribution < -0.4 is 10.6 Å². The topological polar surface area (TPSA) is 78.4 Å². The summed E-state index contributed by atoms with van der Waals surface area (Å²) in [6.45, 7) is 2.73. The summed E-state index contributed by atoms with van der Waals surface area (Å²) in [6, 6.07) is 0. The second kappa shape index (κ2) is 8.91. The Morgan fingerprint density at radius 1 is 1.21 bits per heavy atom. The van der Waals surface area contributed by atoms with Gasteiger partial charge < -0.3 is 15.7 Å². The molecular formula is C14H26N2O3. The summed E-state index contributed by atoms with van der Waals surface area (Å²) in [5.41, 5.74) is 0. The predicted molar refractivity (Wildman–Crippen MR) is 73.5 cm³/mol. The van der Waals surface area contributed by atoms with E-state index in [1.165, 1.54) is 0 Å². The van der Waals surface area contributed by atoms with Crippen LogP contribution in [0.25, 0.3) is 0 Å². The maximum Gasteiger partial charge on any atom is 0.223 e. The fraction of sp³-hybridized carbons (Fsp3) is 0.857. The van der Waals surface area contributed by atoms with Gasteiger partial charge in [-0.25, -0.2) is 0 Å². The molecule has 110 valence electrons. The van der Waals surface area contributed by atoms with Gasteiger partial charge in [0.25, 0.3) is 0 Å². The highest BCUT2D eigenvalue weighted by molar-refractivity contribution is 5.80. The van der Waals surface area contributed by atoms with Crippen LogP contribution in [0.15, 0.2) is 0 Å². The Bertz CT molecular complexity index is 286.